The van der Waals surface area contributed by atoms with Crippen LogP contribution >= 0.6 is 11.6 Å². The third-order valence-corrected chi connectivity index (χ3v) is 3.88. The molecule has 1 nitrogen and oxygen atoms in total. The fourth-order valence-corrected chi connectivity index (χ4v) is 3.08. The third kappa shape index (κ3) is 1.27. The van der Waals surface area contributed by atoms with Gasteiger partial charge in [0.1, 0.15) is 0 Å². The fourth-order valence-electron chi connectivity index (χ4n) is 2.95. The minimum atomic E-state index is 0.687. The Bertz CT molecular complexity index is 313. The molecule has 74 valence electrons. The maximum atomic E-state index is 5.89. The Morgan fingerprint density at radius 3 is 2.21 bits per heavy atom. The lowest BCUT2D eigenvalue weighted by atomic mass is 9.94. The van der Waals surface area contributed by atoms with Gasteiger partial charge in [0.2, 0.25) is 0 Å². The van der Waals surface area contributed by atoms with Gasteiger partial charge < -0.3 is 0 Å². The van der Waals surface area contributed by atoms with Gasteiger partial charge in [0.05, 0.1) is 0 Å². The summed E-state index contributed by atoms with van der Waals surface area (Å²) in [5.74, 6) is 0.899. The largest absolute Gasteiger partial charge is 0.296 e. The molecule has 3 rings (SSSR count). The molecule has 2 aliphatic rings. The van der Waals surface area contributed by atoms with Gasteiger partial charge in [-0.25, -0.2) is 0 Å². The van der Waals surface area contributed by atoms with Gasteiger partial charge in [-0.15, -0.1) is 0 Å². The van der Waals surface area contributed by atoms with Crippen LogP contribution in [0, 0.1) is 5.92 Å². The first-order chi connectivity index (χ1) is 6.84. The lowest BCUT2D eigenvalue weighted by Gasteiger charge is -2.19. The smallest absolute Gasteiger partial charge is 0.0406 e. The SMILES string of the molecule is Clc1ccc([C@H]2C3CCN2CC3)cc1. The average Bonchev–Trinajstić information content (AvgIpc) is 2.78. The zero-order chi connectivity index (χ0) is 9.54. The van der Waals surface area contributed by atoms with Crippen LogP contribution in [-0.4, -0.2) is 18.0 Å². The molecule has 2 bridgehead atoms. The summed E-state index contributed by atoms with van der Waals surface area (Å²) in [4.78, 5) is 2.61. The van der Waals surface area contributed by atoms with Crippen LogP contribution < -0.4 is 0 Å². The summed E-state index contributed by atoms with van der Waals surface area (Å²) in [6.07, 6.45) is 2.76. The van der Waals surface area contributed by atoms with Crippen molar-refractivity contribution in [2.45, 2.75) is 18.9 Å². The highest BCUT2D eigenvalue weighted by Crippen LogP contribution is 2.44. The van der Waals surface area contributed by atoms with Crippen LogP contribution in [0.3, 0.4) is 0 Å². The molecule has 14 heavy (non-hydrogen) atoms. The predicted octanol–water partition coefficient (Wildman–Crippen LogP) is 3.11. The quantitative estimate of drug-likeness (QED) is 0.684. The van der Waals surface area contributed by atoms with Crippen molar-refractivity contribution in [1.82, 2.24) is 4.90 Å². The maximum absolute atomic E-state index is 5.89. The van der Waals surface area contributed by atoms with E-state index < -0.39 is 0 Å². The molecular formula is C12H14ClN. The predicted molar refractivity (Wildman–Crippen MR) is 58.5 cm³/mol. The van der Waals surface area contributed by atoms with Gasteiger partial charge >= 0.3 is 0 Å². The Morgan fingerprint density at radius 2 is 1.71 bits per heavy atom. The van der Waals surface area contributed by atoms with Gasteiger partial charge in [0, 0.05) is 11.1 Å². The fraction of sp³-hybridized carbons (Fsp3) is 0.500. The van der Waals surface area contributed by atoms with Crippen molar-refractivity contribution in [3.63, 3.8) is 0 Å². The second kappa shape index (κ2) is 3.25. The van der Waals surface area contributed by atoms with E-state index >= 15 is 0 Å². The summed E-state index contributed by atoms with van der Waals surface area (Å²) in [6.45, 7) is 2.58. The first-order valence-corrected chi connectivity index (χ1v) is 5.72. The zero-order valence-electron chi connectivity index (χ0n) is 8.12. The van der Waals surface area contributed by atoms with Crippen LogP contribution in [0.25, 0.3) is 0 Å². The minimum absolute atomic E-state index is 0.687. The molecule has 0 aliphatic carbocycles. The molecule has 0 spiro atoms. The standard InChI is InChI=1S/C12H14ClN/c13-11-3-1-9(2-4-11)12-10-5-7-14(12)8-6-10/h1-4,10,12H,5-8H2/t12-/m0/s1. The Balaban J connectivity index is 1.92. The van der Waals surface area contributed by atoms with Crippen molar-refractivity contribution in [3.05, 3.63) is 34.9 Å². The third-order valence-electron chi connectivity index (χ3n) is 3.63. The van der Waals surface area contributed by atoms with Gasteiger partial charge in [-0.3, -0.25) is 4.90 Å². The van der Waals surface area contributed by atoms with Crippen molar-refractivity contribution >= 4 is 11.6 Å². The summed E-state index contributed by atoms with van der Waals surface area (Å²) in [5, 5.41) is 0.842. The van der Waals surface area contributed by atoms with Gasteiger partial charge in [0.25, 0.3) is 0 Å². The topological polar surface area (TPSA) is 3.24 Å². The van der Waals surface area contributed by atoms with E-state index in [-0.39, 0.29) is 0 Å². The molecular weight excluding hydrogens is 194 g/mol. The van der Waals surface area contributed by atoms with E-state index in [4.69, 9.17) is 11.6 Å². The van der Waals surface area contributed by atoms with E-state index in [0.717, 1.165) is 10.9 Å². The lowest BCUT2D eigenvalue weighted by Crippen LogP contribution is -2.19. The first-order valence-electron chi connectivity index (χ1n) is 5.34. The molecule has 0 aromatic heterocycles. The summed E-state index contributed by atoms with van der Waals surface area (Å²) >= 11 is 5.89. The van der Waals surface area contributed by atoms with Crippen LogP contribution in [0.4, 0.5) is 0 Å². The number of hydrogen-bond acceptors (Lipinski definition) is 1. The molecule has 2 heterocycles. The molecule has 0 N–H and O–H groups in total. The van der Waals surface area contributed by atoms with Gasteiger partial charge in [-0.2, -0.15) is 0 Å². The van der Waals surface area contributed by atoms with Crippen LogP contribution in [0.5, 0.6) is 0 Å². The molecule has 1 aromatic carbocycles. The molecule has 0 radical (unpaired) electrons. The van der Waals surface area contributed by atoms with Crippen molar-refractivity contribution in [3.8, 4) is 0 Å². The maximum Gasteiger partial charge on any atom is 0.0406 e. The highest BCUT2D eigenvalue weighted by atomic mass is 35.5. The molecule has 2 fully saturated rings. The van der Waals surface area contributed by atoms with Crippen LogP contribution in [0.15, 0.2) is 24.3 Å². The Labute approximate surface area is 89.7 Å². The number of halogens is 1. The first kappa shape index (κ1) is 8.75. The summed E-state index contributed by atoms with van der Waals surface area (Å²) < 4.78 is 0. The Hall–Kier alpha value is -0.530. The molecule has 0 amide bonds. The van der Waals surface area contributed by atoms with Crippen molar-refractivity contribution < 1.29 is 0 Å². The van der Waals surface area contributed by atoms with Crippen molar-refractivity contribution in [2.24, 2.45) is 5.92 Å². The van der Waals surface area contributed by atoms with E-state index in [2.05, 4.69) is 17.0 Å². The number of benzene rings is 1. The molecule has 0 saturated carbocycles. The number of fused-ring (bicyclic) bond motifs is 2. The number of nitrogens with zero attached hydrogens (tertiary/aromatic N) is 1. The van der Waals surface area contributed by atoms with E-state index in [9.17, 15) is 0 Å². The number of hydrogen-bond donors (Lipinski definition) is 0. The van der Waals surface area contributed by atoms with Gasteiger partial charge in [0.15, 0.2) is 0 Å². The summed E-state index contributed by atoms with van der Waals surface area (Å²) in [7, 11) is 0. The highest BCUT2D eigenvalue weighted by Gasteiger charge is 2.40. The normalized spacial score (nSPS) is 35.1. The molecule has 1 aromatic rings. The van der Waals surface area contributed by atoms with Crippen LogP contribution in [-0.2, 0) is 0 Å². The number of rotatable bonds is 1. The van der Waals surface area contributed by atoms with E-state index in [0.29, 0.717) is 6.04 Å². The van der Waals surface area contributed by atoms with E-state index in [1.54, 1.807) is 0 Å². The summed E-state index contributed by atoms with van der Waals surface area (Å²) in [5.41, 5.74) is 1.45. The van der Waals surface area contributed by atoms with Crippen LogP contribution in [0.2, 0.25) is 5.02 Å². The van der Waals surface area contributed by atoms with Crippen molar-refractivity contribution in [2.75, 3.05) is 13.1 Å². The highest BCUT2D eigenvalue weighted by molar-refractivity contribution is 6.30. The second-order valence-electron chi connectivity index (χ2n) is 4.37. The Morgan fingerprint density at radius 1 is 1.07 bits per heavy atom. The molecule has 0 unspecified atom stereocenters. The van der Waals surface area contributed by atoms with E-state index in [1.807, 2.05) is 12.1 Å². The molecule has 2 aliphatic heterocycles. The van der Waals surface area contributed by atoms with Crippen LogP contribution in [0.1, 0.15) is 24.4 Å². The second-order valence-corrected chi connectivity index (χ2v) is 4.81. The van der Waals surface area contributed by atoms with E-state index in [1.165, 1.54) is 31.5 Å². The zero-order valence-corrected chi connectivity index (χ0v) is 8.87. The monoisotopic (exact) mass is 207 g/mol. The minimum Gasteiger partial charge on any atom is -0.296 e. The van der Waals surface area contributed by atoms with Gasteiger partial charge in [-0.1, -0.05) is 23.7 Å². The molecule has 1 atom stereocenters. The molecule has 2 saturated heterocycles. The van der Waals surface area contributed by atoms with Crippen molar-refractivity contribution in [1.29, 1.82) is 0 Å². The lowest BCUT2D eigenvalue weighted by molar-refractivity contribution is 0.305. The Kier molecular flexibility index (Phi) is 2.03. The molecule has 2 heteroatoms. The van der Waals surface area contributed by atoms with Gasteiger partial charge in [-0.05, 0) is 49.5 Å². The average molecular weight is 208 g/mol. The summed E-state index contributed by atoms with van der Waals surface area (Å²) in [6, 6.07) is 9.07. The number of piperidine rings is 1.